The maximum Gasteiger partial charge on any atom is 0.0116 e. The lowest BCUT2D eigenvalue weighted by Crippen LogP contribution is -2.40. The molecular formula is C14H29N. The van der Waals surface area contributed by atoms with E-state index in [1.54, 1.807) is 0 Å². The van der Waals surface area contributed by atoms with Crippen LogP contribution in [0.2, 0.25) is 0 Å². The first-order valence-corrected chi connectivity index (χ1v) is 6.25. The van der Waals surface area contributed by atoms with Crippen LogP contribution in [-0.2, 0) is 0 Å². The van der Waals surface area contributed by atoms with Crippen molar-refractivity contribution in [3.63, 3.8) is 0 Å². The third kappa shape index (κ3) is 7.61. The molecule has 0 aliphatic rings. The normalized spacial score (nSPS) is 13.9. The summed E-state index contributed by atoms with van der Waals surface area (Å²) < 4.78 is 0. The van der Waals surface area contributed by atoms with E-state index >= 15 is 0 Å². The van der Waals surface area contributed by atoms with Gasteiger partial charge in [-0.05, 0) is 44.6 Å². The molecule has 0 aliphatic carbocycles. The Morgan fingerprint density at radius 2 is 1.93 bits per heavy atom. The molecule has 1 nitrogen and oxygen atoms in total. The van der Waals surface area contributed by atoms with E-state index in [1.165, 1.54) is 31.3 Å². The molecular weight excluding hydrogens is 182 g/mol. The second kappa shape index (κ2) is 7.05. The Hall–Kier alpha value is -0.300. The highest BCUT2D eigenvalue weighted by Gasteiger charge is 2.22. The highest BCUT2D eigenvalue weighted by atomic mass is 14.9. The highest BCUT2D eigenvalue weighted by molar-refractivity contribution is 4.89. The van der Waals surface area contributed by atoms with Gasteiger partial charge < -0.3 is 5.32 Å². The Morgan fingerprint density at radius 3 is 2.33 bits per heavy atom. The summed E-state index contributed by atoms with van der Waals surface area (Å²) in [6.07, 6.45) is 4.90. The number of hydrogen-bond acceptors (Lipinski definition) is 1. The average Bonchev–Trinajstić information content (AvgIpc) is 2.08. The number of allylic oxidation sites excluding steroid dienone is 1. The van der Waals surface area contributed by atoms with Gasteiger partial charge in [0, 0.05) is 6.04 Å². The summed E-state index contributed by atoms with van der Waals surface area (Å²) >= 11 is 0. The van der Waals surface area contributed by atoms with Crippen molar-refractivity contribution >= 4 is 0 Å². The van der Waals surface area contributed by atoms with Crippen LogP contribution in [-0.4, -0.2) is 12.6 Å². The van der Waals surface area contributed by atoms with E-state index in [1.807, 2.05) is 0 Å². The number of hydrogen-bond donors (Lipinski definition) is 1. The molecule has 0 fully saturated rings. The van der Waals surface area contributed by atoms with Crippen molar-refractivity contribution < 1.29 is 0 Å². The van der Waals surface area contributed by atoms with Crippen molar-refractivity contribution in [1.29, 1.82) is 0 Å². The van der Waals surface area contributed by atoms with E-state index in [9.17, 15) is 0 Å². The van der Waals surface area contributed by atoms with Gasteiger partial charge in [-0.15, -0.1) is 6.58 Å². The first-order valence-electron chi connectivity index (χ1n) is 6.25. The van der Waals surface area contributed by atoms with Crippen LogP contribution in [0.15, 0.2) is 12.2 Å². The Labute approximate surface area is 96.3 Å². The van der Waals surface area contributed by atoms with Gasteiger partial charge in [-0.25, -0.2) is 0 Å². The lowest BCUT2D eigenvalue weighted by atomic mass is 9.83. The van der Waals surface area contributed by atoms with E-state index in [4.69, 9.17) is 0 Å². The van der Waals surface area contributed by atoms with Gasteiger partial charge in [0.05, 0.1) is 0 Å². The Bertz CT molecular complexity index is 176. The fourth-order valence-corrected chi connectivity index (χ4v) is 1.77. The maximum absolute atomic E-state index is 3.96. The van der Waals surface area contributed by atoms with E-state index in [-0.39, 0.29) is 0 Å². The fraction of sp³-hybridized carbons (Fsp3) is 0.857. The summed E-state index contributed by atoms with van der Waals surface area (Å²) in [6.45, 7) is 16.4. The Kier molecular flexibility index (Phi) is 6.91. The van der Waals surface area contributed by atoms with Crippen LogP contribution < -0.4 is 5.32 Å². The quantitative estimate of drug-likeness (QED) is 0.624. The van der Waals surface area contributed by atoms with Crippen molar-refractivity contribution in [1.82, 2.24) is 5.32 Å². The molecule has 0 aromatic heterocycles. The molecule has 0 aromatic rings. The first-order chi connectivity index (χ1) is 6.88. The predicted molar refractivity (Wildman–Crippen MR) is 70.2 cm³/mol. The minimum Gasteiger partial charge on any atom is -0.313 e. The molecule has 0 aliphatic heterocycles. The van der Waals surface area contributed by atoms with E-state index in [0.29, 0.717) is 11.5 Å². The highest BCUT2D eigenvalue weighted by Crippen LogP contribution is 2.24. The second-order valence-electron chi connectivity index (χ2n) is 5.72. The molecule has 0 amide bonds. The van der Waals surface area contributed by atoms with Crippen molar-refractivity contribution in [2.45, 2.75) is 66.3 Å². The monoisotopic (exact) mass is 211 g/mol. The van der Waals surface area contributed by atoms with Gasteiger partial charge in [0.2, 0.25) is 0 Å². The average molecular weight is 211 g/mol. The van der Waals surface area contributed by atoms with E-state index in [0.717, 1.165) is 6.54 Å². The van der Waals surface area contributed by atoms with Gasteiger partial charge in [0.1, 0.15) is 0 Å². The molecule has 1 N–H and O–H groups in total. The summed E-state index contributed by atoms with van der Waals surface area (Å²) in [7, 11) is 0. The summed E-state index contributed by atoms with van der Waals surface area (Å²) in [6, 6.07) is 0.636. The zero-order chi connectivity index (χ0) is 11.9. The van der Waals surface area contributed by atoms with E-state index < -0.39 is 0 Å². The van der Waals surface area contributed by atoms with Crippen molar-refractivity contribution in [2.24, 2.45) is 5.41 Å². The molecule has 0 rings (SSSR count). The topological polar surface area (TPSA) is 12.0 Å². The van der Waals surface area contributed by atoms with Crippen molar-refractivity contribution in [2.75, 3.05) is 6.54 Å². The molecule has 90 valence electrons. The predicted octanol–water partition coefficient (Wildman–Crippen LogP) is 4.15. The van der Waals surface area contributed by atoms with Gasteiger partial charge in [-0.2, -0.15) is 0 Å². The molecule has 15 heavy (non-hydrogen) atoms. The molecule has 1 heteroatoms. The van der Waals surface area contributed by atoms with Crippen LogP contribution >= 0.6 is 0 Å². The molecule has 1 atom stereocenters. The van der Waals surface area contributed by atoms with Gasteiger partial charge in [-0.1, -0.05) is 33.3 Å². The SMILES string of the molecule is C=C(C)CCCC(NCCC)C(C)(C)C. The molecule has 1 unspecified atom stereocenters. The van der Waals surface area contributed by atoms with Crippen LogP contribution in [0.4, 0.5) is 0 Å². The van der Waals surface area contributed by atoms with Crippen molar-refractivity contribution in [3.05, 3.63) is 12.2 Å². The molecule has 0 spiro atoms. The minimum atomic E-state index is 0.365. The molecule has 0 aromatic carbocycles. The van der Waals surface area contributed by atoms with Gasteiger partial charge in [-0.3, -0.25) is 0 Å². The lowest BCUT2D eigenvalue weighted by molar-refractivity contribution is 0.251. The Balaban J connectivity index is 3.96. The molecule has 0 bridgehead atoms. The summed E-state index contributed by atoms with van der Waals surface area (Å²) in [5.74, 6) is 0. The summed E-state index contributed by atoms with van der Waals surface area (Å²) in [4.78, 5) is 0. The molecule has 0 heterocycles. The fourth-order valence-electron chi connectivity index (χ4n) is 1.77. The molecule has 0 saturated carbocycles. The summed E-state index contributed by atoms with van der Waals surface area (Å²) in [5.41, 5.74) is 1.67. The zero-order valence-corrected chi connectivity index (χ0v) is 11.3. The Morgan fingerprint density at radius 1 is 1.33 bits per heavy atom. The third-order valence-electron chi connectivity index (χ3n) is 2.78. The van der Waals surface area contributed by atoms with Gasteiger partial charge in [0.15, 0.2) is 0 Å². The second-order valence-corrected chi connectivity index (χ2v) is 5.72. The maximum atomic E-state index is 3.96. The van der Waals surface area contributed by atoms with E-state index in [2.05, 4.69) is 46.5 Å². The van der Waals surface area contributed by atoms with Crippen LogP contribution in [0.1, 0.15) is 60.3 Å². The minimum absolute atomic E-state index is 0.365. The van der Waals surface area contributed by atoms with Crippen LogP contribution in [0.25, 0.3) is 0 Å². The summed E-state index contributed by atoms with van der Waals surface area (Å²) in [5, 5.41) is 3.65. The largest absolute Gasteiger partial charge is 0.313 e. The van der Waals surface area contributed by atoms with Gasteiger partial charge in [0.25, 0.3) is 0 Å². The number of nitrogens with one attached hydrogen (secondary N) is 1. The standard InChI is InChI=1S/C14H29N/c1-7-11-15-13(14(4,5)6)10-8-9-12(2)3/h13,15H,2,7-11H2,1,3-6H3. The zero-order valence-electron chi connectivity index (χ0n) is 11.3. The molecule has 0 radical (unpaired) electrons. The van der Waals surface area contributed by atoms with Crippen LogP contribution in [0, 0.1) is 5.41 Å². The van der Waals surface area contributed by atoms with Gasteiger partial charge >= 0.3 is 0 Å². The molecule has 0 saturated heterocycles. The van der Waals surface area contributed by atoms with Crippen molar-refractivity contribution in [3.8, 4) is 0 Å². The van der Waals surface area contributed by atoms with Crippen LogP contribution in [0.5, 0.6) is 0 Å². The van der Waals surface area contributed by atoms with Crippen LogP contribution in [0.3, 0.4) is 0 Å². The lowest BCUT2D eigenvalue weighted by Gasteiger charge is -2.32. The first kappa shape index (κ1) is 14.7. The smallest absolute Gasteiger partial charge is 0.0116 e. The third-order valence-corrected chi connectivity index (χ3v) is 2.78. The number of rotatable bonds is 7.